The molecule has 3 aliphatic rings. The molecule has 7 atom stereocenters. The van der Waals surface area contributed by atoms with Crippen LogP contribution in [0.4, 0.5) is 29.3 Å². The zero-order valence-electron chi connectivity index (χ0n) is 29.5. The predicted molar refractivity (Wildman–Crippen MR) is 191 cm³/mol. The molecule has 282 valence electrons. The van der Waals surface area contributed by atoms with E-state index in [4.69, 9.17) is 30.5 Å². The Morgan fingerprint density at radius 1 is 1.19 bits per heavy atom. The fourth-order valence-corrected chi connectivity index (χ4v) is 7.67. The van der Waals surface area contributed by atoms with E-state index in [1.165, 1.54) is 12.0 Å². The predicted octanol–water partition coefficient (Wildman–Crippen LogP) is 7.70. The number of nitrogens with one attached hydrogen (secondary N) is 1. The molecule has 3 heterocycles. The number of carbonyl (C=O) groups excluding carboxylic acids is 3. The molecule has 2 N–H and O–H groups in total. The van der Waals surface area contributed by atoms with Crippen LogP contribution in [0.2, 0.25) is 5.02 Å². The third kappa shape index (κ3) is 8.52. The monoisotopic (exact) mass is 812 g/mol. The number of rotatable bonds is 3. The Hall–Kier alpha value is -3.43. The number of alkyl halides is 3. The van der Waals surface area contributed by atoms with Crippen molar-refractivity contribution in [2.45, 2.75) is 95.2 Å². The van der Waals surface area contributed by atoms with Crippen LogP contribution in [0.5, 0.6) is 0 Å². The summed E-state index contributed by atoms with van der Waals surface area (Å²) in [6, 6.07) is 6.44. The summed E-state index contributed by atoms with van der Waals surface area (Å²) in [7, 11) is 3.00. The molecule has 0 aliphatic carbocycles. The molecule has 2 fully saturated rings. The number of nitrogens with zero attached hydrogens (tertiary/aromatic N) is 1. The van der Waals surface area contributed by atoms with Crippen molar-refractivity contribution in [1.29, 1.82) is 0 Å². The quantitative estimate of drug-likeness (QED) is 0.239. The van der Waals surface area contributed by atoms with Gasteiger partial charge in [0.2, 0.25) is 5.91 Å². The number of hydrogen-bond donors (Lipinski definition) is 2. The number of aliphatic hydroxyl groups is 1. The molecule has 10 nitrogen and oxygen atoms in total. The first-order chi connectivity index (χ1) is 24.2. The van der Waals surface area contributed by atoms with Gasteiger partial charge in [0.25, 0.3) is 0 Å². The Balaban J connectivity index is 1.51. The van der Waals surface area contributed by atoms with Crippen molar-refractivity contribution < 1.29 is 51.6 Å². The number of anilines is 2. The summed E-state index contributed by atoms with van der Waals surface area (Å²) in [6.07, 6.45) is -4.09. The number of esters is 1. The smallest absolute Gasteiger partial charge is 0.416 e. The highest BCUT2D eigenvalue weighted by Crippen LogP contribution is 2.50. The summed E-state index contributed by atoms with van der Waals surface area (Å²) in [6.45, 7) is 7.18. The second-order valence-corrected chi connectivity index (χ2v) is 15.2. The van der Waals surface area contributed by atoms with Gasteiger partial charge in [-0.3, -0.25) is 14.9 Å². The van der Waals surface area contributed by atoms with Gasteiger partial charge in [0.05, 0.1) is 40.9 Å². The van der Waals surface area contributed by atoms with Crippen molar-refractivity contribution in [3.63, 3.8) is 0 Å². The van der Waals surface area contributed by atoms with Gasteiger partial charge >= 0.3 is 18.2 Å². The molecule has 2 amide bonds. The first kappa shape index (κ1) is 39.8. The molecule has 5 rings (SSSR count). The molecule has 0 radical (unpaired) electrons. The summed E-state index contributed by atoms with van der Waals surface area (Å²) in [5.74, 6) is -1.64. The Morgan fingerprint density at radius 2 is 1.90 bits per heavy atom. The third-order valence-electron chi connectivity index (χ3n) is 9.99. The van der Waals surface area contributed by atoms with Gasteiger partial charge in [-0.25, -0.2) is 4.79 Å². The van der Waals surface area contributed by atoms with E-state index in [9.17, 15) is 32.7 Å². The molecule has 2 aromatic rings. The van der Waals surface area contributed by atoms with Gasteiger partial charge in [0, 0.05) is 31.0 Å². The van der Waals surface area contributed by atoms with Crippen LogP contribution in [-0.4, -0.2) is 72.9 Å². The van der Waals surface area contributed by atoms with Crippen molar-refractivity contribution in [3.8, 4) is 0 Å². The summed E-state index contributed by atoms with van der Waals surface area (Å²) in [5.41, 5.74) is -0.804. The normalized spacial score (nSPS) is 31.5. The van der Waals surface area contributed by atoms with E-state index in [2.05, 4.69) is 21.2 Å². The number of aryl methyl sites for hydroxylation is 1. The molecule has 0 spiro atoms. The molecule has 3 aliphatic heterocycles. The standard InChI is InChI=1S/C37H41BrClF3N2O8/c1-19-8-7-9-28(49-6)36(48)17-27(50-31(46)18-36)21(3)33-35(4,52-33)29(16-30(45)44(5)26-14-22(12-19)13-20(2)32(26)39)51-34(47)43-25-11-10-23(15-24(25)38)37(40,41)42/h7-11,13-15,21,27-29,33,48H,12,16-18H2,1-6H3,(H,43,47)/b9-7+,19-8+/t21-,27+,28-,29+,33+,35+,36-/m1/s1. The zero-order chi connectivity index (χ0) is 38.3. The minimum atomic E-state index is -4.60. The molecule has 0 unspecified atom stereocenters. The van der Waals surface area contributed by atoms with Gasteiger partial charge in [0.1, 0.15) is 29.5 Å². The van der Waals surface area contributed by atoms with Crippen LogP contribution in [0.25, 0.3) is 0 Å². The van der Waals surface area contributed by atoms with Crippen molar-refractivity contribution >= 4 is 56.9 Å². The molecule has 0 saturated carbocycles. The summed E-state index contributed by atoms with van der Waals surface area (Å²) in [5, 5.41) is 14.6. The lowest BCUT2D eigenvalue weighted by atomic mass is 9.78. The summed E-state index contributed by atoms with van der Waals surface area (Å²) in [4.78, 5) is 41.6. The van der Waals surface area contributed by atoms with Gasteiger partial charge in [-0.05, 0) is 78.5 Å². The summed E-state index contributed by atoms with van der Waals surface area (Å²) >= 11 is 9.78. The number of allylic oxidation sites excluding steroid dienone is 3. The van der Waals surface area contributed by atoms with Crippen LogP contribution in [0.15, 0.2) is 58.6 Å². The fraction of sp³-hybridized carbons (Fsp3) is 0.486. The number of fused-ring (bicyclic) bond motifs is 5. The lowest BCUT2D eigenvalue weighted by molar-refractivity contribution is -0.187. The molecule has 4 bridgehead atoms. The van der Waals surface area contributed by atoms with Gasteiger partial charge in [-0.2, -0.15) is 13.2 Å². The second kappa shape index (κ2) is 15.1. The maximum atomic E-state index is 14.0. The lowest BCUT2D eigenvalue weighted by Crippen LogP contribution is -2.53. The molecule has 2 aromatic carbocycles. The SMILES string of the molecule is CO[C@@H]1/C=C/C=C(\C)Cc2cc(C)c(Cl)c(c2)N(C)C(=O)C[C@H](OC(=O)Nc2ccc(C(F)(F)F)cc2Br)[C@]2(C)O[C@H]2[C@H](C)[C@@H]2C[C@@]1(O)CC(=O)O2. The van der Waals surface area contributed by atoms with E-state index in [-0.39, 0.29) is 29.4 Å². The van der Waals surface area contributed by atoms with E-state index >= 15 is 0 Å². The highest BCUT2D eigenvalue weighted by atomic mass is 79.9. The van der Waals surface area contributed by atoms with E-state index in [0.717, 1.165) is 34.9 Å². The van der Waals surface area contributed by atoms with Crippen LogP contribution in [-0.2, 0) is 41.1 Å². The van der Waals surface area contributed by atoms with Crippen molar-refractivity contribution in [2.24, 2.45) is 5.92 Å². The number of ether oxygens (including phenoxy) is 4. The van der Waals surface area contributed by atoms with Crippen LogP contribution in [0.1, 0.15) is 56.7 Å². The molecule has 52 heavy (non-hydrogen) atoms. The zero-order valence-corrected chi connectivity index (χ0v) is 31.8. The minimum absolute atomic E-state index is 0.00269. The summed E-state index contributed by atoms with van der Waals surface area (Å²) < 4.78 is 63.1. The molecule has 0 aromatic heterocycles. The number of epoxide rings is 1. The topological polar surface area (TPSA) is 127 Å². The number of hydrogen-bond acceptors (Lipinski definition) is 8. The number of benzene rings is 2. The Kier molecular flexibility index (Phi) is 11.6. The number of carbonyl (C=O) groups is 3. The number of amides is 2. The molecular formula is C37H41BrClF3N2O8. The first-order valence-electron chi connectivity index (χ1n) is 16.6. The molecular weight excluding hydrogens is 773 g/mol. The third-order valence-corrected chi connectivity index (χ3v) is 11.1. The van der Waals surface area contributed by atoms with Gasteiger partial charge in [-0.1, -0.05) is 48.4 Å². The largest absolute Gasteiger partial charge is 0.462 e. The Labute approximate surface area is 313 Å². The van der Waals surface area contributed by atoms with E-state index in [1.54, 1.807) is 39.1 Å². The Morgan fingerprint density at radius 3 is 2.56 bits per heavy atom. The second-order valence-electron chi connectivity index (χ2n) is 13.9. The fourth-order valence-electron chi connectivity index (χ4n) is 6.96. The van der Waals surface area contributed by atoms with Crippen LogP contribution in [0, 0.1) is 12.8 Å². The van der Waals surface area contributed by atoms with Crippen LogP contribution >= 0.6 is 27.5 Å². The molecule has 2 saturated heterocycles. The van der Waals surface area contributed by atoms with Crippen molar-refractivity contribution in [3.05, 3.63) is 80.3 Å². The highest BCUT2D eigenvalue weighted by Gasteiger charge is 2.64. The molecule has 15 heteroatoms. The maximum Gasteiger partial charge on any atom is 0.416 e. The van der Waals surface area contributed by atoms with Gasteiger partial charge in [0.15, 0.2) is 0 Å². The average Bonchev–Trinajstić information content (AvgIpc) is 3.75. The minimum Gasteiger partial charge on any atom is -0.462 e. The van der Waals surface area contributed by atoms with Crippen molar-refractivity contribution in [1.82, 2.24) is 0 Å². The van der Waals surface area contributed by atoms with E-state index in [1.807, 2.05) is 26.0 Å². The van der Waals surface area contributed by atoms with Crippen molar-refractivity contribution in [2.75, 3.05) is 24.4 Å². The first-order valence-corrected chi connectivity index (χ1v) is 17.8. The van der Waals surface area contributed by atoms with Gasteiger partial charge < -0.3 is 29.0 Å². The average molecular weight is 814 g/mol. The van der Waals surface area contributed by atoms with Gasteiger partial charge in [-0.15, -0.1) is 0 Å². The maximum absolute atomic E-state index is 14.0. The lowest BCUT2D eigenvalue weighted by Gasteiger charge is -2.41. The van der Waals surface area contributed by atoms with E-state index < -0.39 is 71.2 Å². The number of methoxy groups -OCH3 is 1. The Bertz CT molecular complexity index is 1800. The highest BCUT2D eigenvalue weighted by molar-refractivity contribution is 9.10. The van der Waals surface area contributed by atoms with Crippen LogP contribution < -0.4 is 10.2 Å². The number of halogens is 5. The van der Waals surface area contributed by atoms with E-state index in [0.29, 0.717) is 17.1 Å². The van der Waals surface area contributed by atoms with Crippen LogP contribution in [0.3, 0.4) is 0 Å².